The molecule has 32 heavy (non-hydrogen) atoms. The summed E-state index contributed by atoms with van der Waals surface area (Å²) in [5.74, 6) is 1.20. The number of ether oxygens (including phenoxy) is 2. The molecule has 7 heteroatoms. The number of nitrogens with one attached hydrogen (secondary N) is 1. The second-order valence-corrected chi connectivity index (χ2v) is 8.68. The smallest absolute Gasteiger partial charge is 0.414 e. The number of hydrogen-bond acceptors (Lipinski definition) is 5. The third-order valence-electron chi connectivity index (χ3n) is 5.50. The van der Waals surface area contributed by atoms with E-state index in [9.17, 15) is 5.26 Å². The molecule has 1 N–H and O–H groups in total. The van der Waals surface area contributed by atoms with E-state index in [0.29, 0.717) is 17.1 Å². The molecule has 0 aliphatic heterocycles. The molecule has 170 valence electrons. The van der Waals surface area contributed by atoms with E-state index in [-0.39, 0.29) is 11.1 Å². The van der Waals surface area contributed by atoms with Crippen molar-refractivity contribution in [2.75, 3.05) is 27.2 Å². The predicted octanol–water partition coefficient (Wildman–Crippen LogP) is 4.07. The molecule has 0 aromatic heterocycles. The Morgan fingerprint density at radius 2 is 1.88 bits per heavy atom. The number of nitrogens with zero attached hydrogens (tertiary/aromatic N) is 3. The van der Waals surface area contributed by atoms with Gasteiger partial charge in [-0.05, 0) is 69.6 Å². The SMILES string of the molecule is CCN(C)CCc1cc(OC)c(OC([SH2+])=NC(=N)c2ccc(C(C)(C)C#N)cc2)cc1C. The Bertz CT molecular complexity index is 1020. The first-order valence-corrected chi connectivity index (χ1v) is 11.1. The van der Waals surface area contributed by atoms with Crippen LogP contribution in [0.5, 0.6) is 11.5 Å². The van der Waals surface area contributed by atoms with E-state index in [2.05, 4.69) is 42.6 Å². The van der Waals surface area contributed by atoms with Gasteiger partial charge in [-0.1, -0.05) is 31.2 Å². The minimum atomic E-state index is -0.583. The van der Waals surface area contributed by atoms with Crippen molar-refractivity contribution in [1.82, 2.24) is 4.90 Å². The van der Waals surface area contributed by atoms with Crippen LogP contribution in [0.4, 0.5) is 0 Å². The van der Waals surface area contributed by atoms with E-state index < -0.39 is 5.41 Å². The van der Waals surface area contributed by atoms with Gasteiger partial charge >= 0.3 is 5.23 Å². The maximum atomic E-state index is 9.28. The maximum Gasteiger partial charge on any atom is 0.414 e. The zero-order valence-corrected chi connectivity index (χ0v) is 20.7. The fourth-order valence-corrected chi connectivity index (χ4v) is 3.31. The molecule has 0 aliphatic carbocycles. The van der Waals surface area contributed by atoms with Crippen molar-refractivity contribution in [2.45, 2.75) is 39.5 Å². The molecule has 0 atom stereocenters. The minimum absolute atomic E-state index is 0.0474. The van der Waals surface area contributed by atoms with Crippen LogP contribution in [0.1, 0.15) is 43.0 Å². The van der Waals surface area contributed by atoms with Crippen molar-refractivity contribution in [3.63, 3.8) is 0 Å². The second-order valence-electron chi connectivity index (χ2n) is 8.26. The summed E-state index contributed by atoms with van der Waals surface area (Å²) < 4.78 is 11.4. The number of likely N-dealkylation sites (N-methyl/N-ethyl adjacent to an activating group) is 1. The Kier molecular flexibility index (Phi) is 8.88. The van der Waals surface area contributed by atoms with Gasteiger partial charge in [0.25, 0.3) is 0 Å². The van der Waals surface area contributed by atoms with E-state index in [1.807, 2.05) is 45.0 Å². The normalized spacial score (nSPS) is 11.9. The summed E-state index contributed by atoms with van der Waals surface area (Å²) in [7, 11) is 3.71. The van der Waals surface area contributed by atoms with Gasteiger partial charge in [0.05, 0.1) is 31.2 Å². The number of benzene rings is 2. The lowest BCUT2D eigenvalue weighted by molar-refractivity contribution is 0.356. The van der Waals surface area contributed by atoms with Gasteiger partial charge in [0, 0.05) is 12.1 Å². The van der Waals surface area contributed by atoms with Crippen molar-refractivity contribution < 1.29 is 9.47 Å². The Balaban J connectivity index is 2.17. The molecule has 0 heterocycles. The van der Waals surface area contributed by atoms with E-state index in [0.717, 1.165) is 30.6 Å². The molecule has 0 radical (unpaired) electrons. The van der Waals surface area contributed by atoms with Crippen molar-refractivity contribution in [3.05, 3.63) is 58.7 Å². The molecule has 0 unspecified atom stereocenters. The average Bonchev–Trinajstić information content (AvgIpc) is 2.78. The van der Waals surface area contributed by atoms with Gasteiger partial charge in [0.1, 0.15) is 0 Å². The fourth-order valence-electron chi connectivity index (χ4n) is 3.08. The maximum absolute atomic E-state index is 9.28. The highest BCUT2D eigenvalue weighted by molar-refractivity contribution is 7.77. The van der Waals surface area contributed by atoms with Gasteiger partial charge in [0.2, 0.25) is 0 Å². The monoisotopic (exact) mass is 453 g/mol. The number of methoxy groups -OCH3 is 1. The van der Waals surface area contributed by atoms with Crippen LogP contribution in [0.3, 0.4) is 0 Å². The van der Waals surface area contributed by atoms with Crippen molar-refractivity contribution >= 4 is 23.7 Å². The zero-order chi connectivity index (χ0) is 23.9. The Labute approximate surface area is 196 Å². The first-order valence-electron chi connectivity index (χ1n) is 10.6. The molecular formula is C25H33N4O2S+. The van der Waals surface area contributed by atoms with E-state index in [4.69, 9.17) is 14.9 Å². The molecule has 0 saturated heterocycles. The average molecular weight is 454 g/mol. The van der Waals surface area contributed by atoms with Gasteiger partial charge in [-0.25, -0.2) is 0 Å². The molecule has 0 amide bonds. The van der Waals surface area contributed by atoms with Gasteiger partial charge in [0.15, 0.2) is 17.3 Å². The summed E-state index contributed by atoms with van der Waals surface area (Å²) in [4.78, 5) is 6.48. The summed E-state index contributed by atoms with van der Waals surface area (Å²) in [6.45, 7) is 9.87. The molecule has 0 spiro atoms. The highest BCUT2D eigenvalue weighted by Crippen LogP contribution is 2.31. The summed E-state index contributed by atoms with van der Waals surface area (Å²) in [6, 6.07) is 13.5. The van der Waals surface area contributed by atoms with Crippen molar-refractivity contribution in [3.8, 4) is 17.6 Å². The predicted molar refractivity (Wildman–Crippen MR) is 135 cm³/mol. The highest BCUT2D eigenvalue weighted by atomic mass is 32.1. The molecule has 2 aromatic rings. The molecule has 2 aromatic carbocycles. The lowest BCUT2D eigenvalue weighted by Gasteiger charge is -2.16. The summed E-state index contributed by atoms with van der Waals surface area (Å²) in [5, 5.41) is 17.7. The Morgan fingerprint density at radius 3 is 2.44 bits per heavy atom. The molecular weight excluding hydrogens is 420 g/mol. The quantitative estimate of drug-likeness (QED) is 0.371. The number of aryl methyl sites for hydroxylation is 1. The topological polar surface area (TPSA) is 81.7 Å². The summed E-state index contributed by atoms with van der Waals surface area (Å²) >= 11 is 3.38. The largest absolute Gasteiger partial charge is 0.493 e. The fraction of sp³-hybridized carbons (Fsp3) is 0.400. The van der Waals surface area contributed by atoms with Crippen LogP contribution >= 0.6 is 0 Å². The molecule has 0 aliphatic rings. The highest BCUT2D eigenvalue weighted by Gasteiger charge is 2.20. The Morgan fingerprint density at radius 1 is 1.22 bits per heavy atom. The first kappa shape index (κ1) is 25.4. The zero-order valence-electron chi connectivity index (χ0n) is 19.7. The number of aliphatic imine (C=N–C) groups is 1. The number of amidine groups is 1. The van der Waals surface area contributed by atoms with Gasteiger partial charge in [-0.15, -0.1) is 4.99 Å². The van der Waals surface area contributed by atoms with Crippen LogP contribution in [-0.2, 0) is 24.5 Å². The van der Waals surface area contributed by atoms with Crippen LogP contribution in [0.25, 0.3) is 0 Å². The number of hydrogen-bond donors (Lipinski definition) is 1. The molecule has 0 saturated carbocycles. The van der Waals surface area contributed by atoms with Gasteiger partial charge < -0.3 is 14.4 Å². The van der Waals surface area contributed by atoms with E-state index in [1.165, 1.54) is 5.56 Å². The van der Waals surface area contributed by atoms with Crippen molar-refractivity contribution in [2.24, 2.45) is 4.99 Å². The summed E-state index contributed by atoms with van der Waals surface area (Å²) in [6.07, 6.45) is 0.922. The third kappa shape index (κ3) is 6.59. The number of nitriles is 1. The van der Waals surface area contributed by atoms with E-state index in [1.54, 1.807) is 19.2 Å². The minimum Gasteiger partial charge on any atom is -0.493 e. The van der Waals surface area contributed by atoms with Crippen LogP contribution in [0, 0.1) is 23.7 Å². The standard InChI is InChI=1S/C25H32N4O2S/c1-7-29(5)13-12-19-15-21(30-6)22(14-17(19)2)31-24(32)28-23(27)18-8-10-20(11-9-18)25(3,4)16-26/h8-11,14-15H,7,12-13H2,1-6H3,(H2,27,28,32)/p+1. The second kappa shape index (κ2) is 11.2. The van der Waals surface area contributed by atoms with Crippen LogP contribution < -0.4 is 9.47 Å². The van der Waals surface area contributed by atoms with Crippen LogP contribution in [-0.4, -0.2) is 43.2 Å². The van der Waals surface area contributed by atoms with Crippen LogP contribution in [0.2, 0.25) is 0 Å². The Hall–Kier alpha value is -2.82. The molecule has 6 nitrogen and oxygen atoms in total. The van der Waals surface area contributed by atoms with Gasteiger partial charge in [-0.2, -0.15) is 5.26 Å². The third-order valence-corrected chi connectivity index (χ3v) is 5.72. The van der Waals surface area contributed by atoms with Crippen molar-refractivity contribution in [1.29, 1.82) is 10.7 Å². The number of rotatable bonds is 8. The van der Waals surface area contributed by atoms with Gasteiger partial charge in [-0.3, -0.25) is 5.41 Å². The van der Waals surface area contributed by atoms with E-state index >= 15 is 0 Å². The molecule has 0 fully saturated rings. The molecule has 2 rings (SSSR count). The summed E-state index contributed by atoms with van der Waals surface area (Å²) in [5.41, 5.74) is 3.24. The van der Waals surface area contributed by atoms with Crippen LogP contribution in [0.15, 0.2) is 41.4 Å². The lowest BCUT2D eigenvalue weighted by Crippen LogP contribution is -2.20. The lowest BCUT2D eigenvalue weighted by atomic mass is 9.86. The molecule has 0 bridgehead atoms. The first-order chi connectivity index (χ1) is 15.1.